The molecule has 0 bridgehead atoms. The number of hydrogen-bond donors (Lipinski definition) is 4. The topological polar surface area (TPSA) is 127 Å². The van der Waals surface area contributed by atoms with Gasteiger partial charge in [-0.1, -0.05) is 6.92 Å². The number of amides is 1. The van der Waals surface area contributed by atoms with Crippen LogP contribution in [0, 0.1) is 5.92 Å². The Morgan fingerprint density at radius 1 is 1.26 bits per heavy atom. The Morgan fingerprint density at radius 3 is 2.62 bits per heavy atom. The summed E-state index contributed by atoms with van der Waals surface area (Å²) >= 11 is 0. The fourth-order valence-corrected chi connectivity index (χ4v) is 4.47. The summed E-state index contributed by atoms with van der Waals surface area (Å²) in [4.78, 5) is 34.5. The van der Waals surface area contributed by atoms with E-state index in [-0.39, 0.29) is 47.7 Å². The standard InChI is InChI=1S/C23H29F2N7O2/c1-13-5-6-14(8-13)28-21(33)16(12-26)20-30-18(27-2)9-19(31-20)29-17-4-3-7-32(22(17)34)15-10-23(24,25)11-15/h3-4,7,9,12-15H,5-6,8,10-11,26H2,1-2H3,(H,28,33)(H2,27,29,30,31)/b16-12+/t13-,14+/m0/s1. The minimum Gasteiger partial charge on any atom is -0.404 e. The molecule has 34 heavy (non-hydrogen) atoms. The zero-order valence-corrected chi connectivity index (χ0v) is 19.1. The number of rotatable bonds is 7. The van der Waals surface area contributed by atoms with Gasteiger partial charge in [0.1, 0.15) is 17.3 Å². The predicted molar refractivity (Wildman–Crippen MR) is 126 cm³/mol. The van der Waals surface area contributed by atoms with E-state index < -0.39 is 17.5 Å². The lowest BCUT2D eigenvalue weighted by molar-refractivity contribution is -0.116. The van der Waals surface area contributed by atoms with Crippen LogP contribution in [0.3, 0.4) is 0 Å². The first-order valence-corrected chi connectivity index (χ1v) is 11.3. The minimum absolute atomic E-state index is 0.0733. The van der Waals surface area contributed by atoms with Crippen molar-refractivity contribution >= 4 is 28.8 Å². The van der Waals surface area contributed by atoms with Crippen molar-refractivity contribution in [2.24, 2.45) is 11.7 Å². The van der Waals surface area contributed by atoms with Gasteiger partial charge in [0, 0.05) is 50.4 Å². The highest BCUT2D eigenvalue weighted by Crippen LogP contribution is 2.44. The Balaban J connectivity index is 1.57. The lowest BCUT2D eigenvalue weighted by Gasteiger charge is -2.36. The van der Waals surface area contributed by atoms with Crippen molar-refractivity contribution in [1.82, 2.24) is 19.9 Å². The SMILES string of the molecule is CNc1cc(Nc2cccn(C3CC(F)(F)C3)c2=O)nc(/C(=C\N)C(=O)N[C@@H]2CC[C@H](C)C2)n1. The van der Waals surface area contributed by atoms with Crippen LogP contribution in [-0.2, 0) is 4.79 Å². The van der Waals surface area contributed by atoms with Crippen LogP contribution >= 0.6 is 0 Å². The van der Waals surface area contributed by atoms with Gasteiger partial charge in [0.25, 0.3) is 17.4 Å². The number of alkyl halides is 2. The number of carbonyl (C=O) groups excluding carboxylic acids is 1. The van der Waals surface area contributed by atoms with Crippen molar-refractivity contribution in [2.75, 3.05) is 17.7 Å². The number of nitrogens with one attached hydrogen (secondary N) is 3. The van der Waals surface area contributed by atoms with Crippen LogP contribution in [0.5, 0.6) is 0 Å². The second-order valence-electron chi connectivity index (χ2n) is 9.06. The molecule has 9 nitrogen and oxygen atoms in total. The molecule has 0 radical (unpaired) electrons. The highest BCUT2D eigenvalue weighted by atomic mass is 19.3. The van der Waals surface area contributed by atoms with Crippen LogP contribution in [0.2, 0.25) is 0 Å². The van der Waals surface area contributed by atoms with Crippen molar-refractivity contribution in [1.29, 1.82) is 0 Å². The van der Waals surface area contributed by atoms with Crippen LogP contribution in [0.15, 0.2) is 35.4 Å². The van der Waals surface area contributed by atoms with E-state index in [1.807, 2.05) is 0 Å². The van der Waals surface area contributed by atoms with Gasteiger partial charge in [-0.2, -0.15) is 0 Å². The van der Waals surface area contributed by atoms with Crippen molar-refractivity contribution < 1.29 is 13.6 Å². The summed E-state index contributed by atoms with van der Waals surface area (Å²) in [7, 11) is 1.66. The minimum atomic E-state index is -2.74. The molecule has 2 saturated carbocycles. The van der Waals surface area contributed by atoms with Crippen LogP contribution in [0.25, 0.3) is 5.57 Å². The summed E-state index contributed by atoms with van der Waals surface area (Å²) in [5.74, 6) is -1.80. The summed E-state index contributed by atoms with van der Waals surface area (Å²) in [5, 5.41) is 8.83. The molecule has 0 aliphatic heterocycles. The van der Waals surface area contributed by atoms with Crippen molar-refractivity contribution in [3.63, 3.8) is 0 Å². The fourth-order valence-electron chi connectivity index (χ4n) is 4.47. The fraction of sp³-hybridized carbons (Fsp3) is 0.478. The molecule has 2 aromatic heterocycles. The molecular weight excluding hydrogens is 444 g/mol. The molecule has 4 rings (SSSR count). The molecule has 2 atom stereocenters. The molecule has 182 valence electrons. The quantitative estimate of drug-likeness (QED) is 0.455. The van der Waals surface area contributed by atoms with E-state index in [1.165, 1.54) is 17.0 Å². The van der Waals surface area contributed by atoms with E-state index in [4.69, 9.17) is 5.73 Å². The van der Waals surface area contributed by atoms with Crippen molar-refractivity contribution in [2.45, 2.75) is 57.0 Å². The largest absolute Gasteiger partial charge is 0.404 e. The monoisotopic (exact) mass is 473 g/mol. The van der Waals surface area contributed by atoms with Gasteiger partial charge in [0.15, 0.2) is 5.82 Å². The van der Waals surface area contributed by atoms with Crippen LogP contribution in [0.4, 0.5) is 26.1 Å². The molecule has 2 aromatic rings. The summed E-state index contributed by atoms with van der Waals surface area (Å²) in [6.07, 6.45) is 4.80. The Kier molecular flexibility index (Phi) is 6.54. The van der Waals surface area contributed by atoms with Crippen LogP contribution < -0.4 is 27.2 Å². The molecule has 0 spiro atoms. The lowest BCUT2D eigenvalue weighted by atomic mass is 9.88. The van der Waals surface area contributed by atoms with E-state index in [0.29, 0.717) is 11.7 Å². The van der Waals surface area contributed by atoms with Gasteiger partial charge >= 0.3 is 0 Å². The Labute approximate surface area is 195 Å². The normalized spacial score (nSPS) is 22.2. The van der Waals surface area contributed by atoms with E-state index >= 15 is 0 Å². The first-order valence-electron chi connectivity index (χ1n) is 11.3. The van der Waals surface area contributed by atoms with Gasteiger partial charge < -0.3 is 26.3 Å². The van der Waals surface area contributed by atoms with E-state index in [0.717, 1.165) is 19.3 Å². The molecule has 2 aliphatic carbocycles. The van der Waals surface area contributed by atoms with E-state index in [1.54, 1.807) is 25.2 Å². The van der Waals surface area contributed by atoms with Gasteiger partial charge in [0.05, 0.1) is 5.57 Å². The van der Waals surface area contributed by atoms with Crippen molar-refractivity contribution in [3.8, 4) is 0 Å². The second-order valence-corrected chi connectivity index (χ2v) is 9.06. The number of aromatic nitrogens is 3. The lowest BCUT2D eigenvalue weighted by Crippen LogP contribution is -2.41. The Bertz CT molecular complexity index is 1160. The molecule has 2 fully saturated rings. The zero-order chi connectivity index (χ0) is 24.5. The third kappa shape index (κ3) is 5.02. The number of hydrogen-bond acceptors (Lipinski definition) is 7. The number of anilines is 3. The third-order valence-corrected chi connectivity index (χ3v) is 6.36. The van der Waals surface area contributed by atoms with Crippen LogP contribution in [0.1, 0.15) is 50.9 Å². The van der Waals surface area contributed by atoms with Gasteiger partial charge in [-0.15, -0.1) is 0 Å². The molecular formula is C23H29F2N7O2. The smallest absolute Gasteiger partial charge is 0.274 e. The highest BCUT2D eigenvalue weighted by Gasteiger charge is 2.46. The molecule has 2 heterocycles. The number of pyridine rings is 1. The first kappa shape index (κ1) is 23.7. The van der Waals surface area contributed by atoms with Gasteiger partial charge in [-0.25, -0.2) is 18.7 Å². The third-order valence-electron chi connectivity index (χ3n) is 6.36. The van der Waals surface area contributed by atoms with Gasteiger partial charge in [0.2, 0.25) is 0 Å². The number of carbonyl (C=O) groups is 1. The zero-order valence-electron chi connectivity index (χ0n) is 19.1. The van der Waals surface area contributed by atoms with Gasteiger partial charge in [-0.3, -0.25) is 9.59 Å². The molecule has 1 amide bonds. The highest BCUT2D eigenvalue weighted by molar-refractivity contribution is 6.18. The molecule has 0 saturated heterocycles. The maximum Gasteiger partial charge on any atom is 0.274 e. The summed E-state index contributed by atoms with van der Waals surface area (Å²) in [6.45, 7) is 2.15. The summed E-state index contributed by atoms with van der Waals surface area (Å²) in [5.41, 5.74) is 5.62. The Morgan fingerprint density at radius 2 is 2.00 bits per heavy atom. The van der Waals surface area contributed by atoms with Crippen LogP contribution in [-0.4, -0.2) is 39.5 Å². The molecule has 11 heteroatoms. The first-order chi connectivity index (χ1) is 16.2. The van der Waals surface area contributed by atoms with E-state index in [9.17, 15) is 18.4 Å². The maximum atomic E-state index is 13.3. The number of nitrogens with two attached hydrogens (primary N) is 1. The maximum absolute atomic E-state index is 13.3. The van der Waals surface area contributed by atoms with Crippen molar-refractivity contribution in [3.05, 3.63) is 46.8 Å². The number of nitrogens with zero attached hydrogens (tertiary/aromatic N) is 3. The van der Waals surface area contributed by atoms with E-state index in [2.05, 4.69) is 32.8 Å². The molecule has 5 N–H and O–H groups in total. The van der Waals surface area contributed by atoms with Gasteiger partial charge in [-0.05, 0) is 37.3 Å². The average Bonchev–Trinajstić information content (AvgIpc) is 3.18. The Hall–Kier alpha value is -3.50. The number of halogens is 2. The molecule has 0 aromatic carbocycles. The molecule has 2 aliphatic rings. The second kappa shape index (κ2) is 9.40. The summed E-state index contributed by atoms with van der Waals surface area (Å²) < 4.78 is 27.9. The average molecular weight is 474 g/mol. The molecule has 0 unspecified atom stereocenters. The summed E-state index contributed by atoms with van der Waals surface area (Å²) in [6, 6.07) is 4.26. The predicted octanol–water partition coefficient (Wildman–Crippen LogP) is 3.00.